The Labute approximate surface area is 145 Å². The minimum Gasteiger partial charge on any atom is -0.354 e. The topological polar surface area (TPSA) is 32.3 Å². The number of hydrogen-bond donors (Lipinski definition) is 1. The fraction of sp³-hybridized carbons (Fsp3) is 0.389. The van der Waals surface area contributed by atoms with Crippen molar-refractivity contribution in [2.24, 2.45) is 0 Å². The molecule has 0 aliphatic carbocycles. The number of likely N-dealkylation sites (N-methyl/N-ethyl adjacent to an activating group) is 1. The van der Waals surface area contributed by atoms with Crippen LogP contribution in [0.15, 0.2) is 35.7 Å². The Kier molecular flexibility index (Phi) is 6.87. The summed E-state index contributed by atoms with van der Waals surface area (Å²) in [6.45, 7) is 0.169. The van der Waals surface area contributed by atoms with Gasteiger partial charge in [-0.05, 0) is 50.5 Å². The third-order valence-corrected chi connectivity index (χ3v) is 4.79. The molecule has 130 valence electrons. The molecule has 24 heavy (non-hydrogen) atoms. The molecule has 0 radical (unpaired) electrons. The molecule has 2 rings (SSSR count). The predicted molar refractivity (Wildman–Crippen MR) is 93.1 cm³/mol. The van der Waals surface area contributed by atoms with E-state index in [0.717, 1.165) is 12.8 Å². The third kappa shape index (κ3) is 5.11. The van der Waals surface area contributed by atoms with Gasteiger partial charge in [0.1, 0.15) is 11.6 Å². The average Bonchev–Trinajstić information content (AvgIpc) is 3.03. The molecule has 6 heteroatoms. The van der Waals surface area contributed by atoms with Crippen molar-refractivity contribution in [3.05, 3.63) is 57.8 Å². The normalized spacial score (nSPS) is 12.4. The van der Waals surface area contributed by atoms with Crippen molar-refractivity contribution in [1.82, 2.24) is 10.2 Å². The minimum atomic E-state index is -0.597. The van der Waals surface area contributed by atoms with E-state index < -0.39 is 17.7 Å². The summed E-state index contributed by atoms with van der Waals surface area (Å²) in [6, 6.07) is 7.29. The van der Waals surface area contributed by atoms with Gasteiger partial charge in [-0.1, -0.05) is 12.1 Å². The zero-order chi connectivity index (χ0) is 17.5. The van der Waals surface area contributed by atoms with Gasteiger partial charge >= 0.3 is 0 Å². The monoisotopic (exact) mass is 352 g/mol. The molecule has 0 bridgehead atoms. The van der Waals surface area contributed by atoms with E-state index in [1.54, 1.807) is 30.3 Å². The second kappa shape index (κ2) is 8.89. The Morgan fingerprint density at radius 2 is 1.92 bits per heavy atom. The SMILES string of the molecule is CN(C)C(CNC(=O)CCCc1cccs1)c1c(F)cccc1F. The number of hydrogen-bond acceptors (Lipinski definition) is 3. The quantitative estimate of drug-likeness (QED) is 0.784. The van der Waals surface area contributed by atoms with Crippen LogP contribution in [-0.2, 0) is 11.2 Å². The molecular formula is C18H22F2N2OS. The zero-order valence-corrected chi connectivity index (χ0v) is 14.7. The van der Waals surface area contributed by atoms with Crippen LogP contribution in [0.25, 0.3) is 0 Å². The van der Waals surface area contributed by atoms with Gasteiger partial charge in [-0.2, -0.15) is 0 Å². The van der Waals surface area contributed by atoms with Crippen LogP contribution in [-0.4, -0.2) is 31.4 Å². The van der Waals surface area contributed by atoms with E-state index in [1.165, 1.54) is 23.1 Å². The number of nitrogens with one attached hydrogen (secondary N) is 1. The molecule has 0 fully saturated rings. The maximum atomic E-state index is 14.0. The zero-order valence-electron chi connectivity index (χ0n) is 13.9. The summed E-state index contributed by atoms with van der Waals surface area (Å²) in [5, 5.41) is 4.80. The van der Waals surface area contributed by atoms with Crippen LogP contribution in [0.3, 0.4) is 0 Å². The van der Waals surface area contributed by atoms with Gasteiger partial charge in [0.25, 0.3) is 0 Å². The lowest BCUT2D eigenvalue weighted by Gasteiger charge is -2.25. The summed E-state index contributed by atoms with van der Waals surface area (Å²) >= 11 is 1.68. The summed E-state index contributed by atoms with van der Waals surface area (Å²) in [4.78, 5) is 14.9. The Hall–Kier alpha value is -1.79. The molecule has 1 heterocycles. The standard InChI is InChI=1S/C18H22F2N2OS/c1-22(2)16(18-14(19)8-4-9-15(18)20)12-21-17(23)10-3-6-13-7-5-11-24-13/h4-5,7-9,11,16H,3,6,10,12H2,1-2H3,(H,21,23). The molecule has 0 aliphatic heterocycles. The molecule has 2 aromatic rings. The van der Waals surface area contributed by atoms with E-state index in [9.17, 15) is 13.6 Å². The van der Waals surface area contributed by atoms with Gasteiger partial charge in [-0.15, -0.1) is 11.3 Å². The Morgan fingerprint density at radius 3 is 2.50 bits per heavy atom. The van der Waals surface area contributed by atoms with Crippen molar-refractivity contribution in [1.29, 1.82) is 0 Å². The number of carbonyl (C=O) groups is 1. The molecule has 1 amide bonds. The molecule has 0 aliphatic rings. The molecular weight excluding hydrogens is 330 g/mol. The first-order valence-electron chi connectivity index (χ1n) is 7.88. The first kappa shape index (κ1) is 18.5. The number of nitrogens with zero attached hydrogens (tertiary/aromatic N) is 1. The van der Waals surface area contributed by atoms with Crippen molar-refractivity contribution >= 4 is 17.2 Å². The van der Waals surface area contributed by atoms with E-state index in [4.69, 9.17) is 0 Å². The highest BCUT2D eigenvalue weighted by Crippen LogP contribution is 2.24. The maximum absolute atomic E-state index is 14.0. The van der Waals surface area contributed by atoms with Crippen molar-refractivity contribution in [2.75, 3.05) is 20.6 Å². The molecule has 1 aromatic heterocycles. The number of halogens is 2. The smallest absolute Gasteiger partial charge is 0.220 e. The van der Waals surface area contributed by atoms with E-state index >= 15 is 0 Å². The molecule has 1 N–H and O–H groups in total. The summed E-state index contributed by atoms with van der Waals surface area (Å²) in [7, 11) is 3.47. The lowest BCUT2D eigenvalue weighted by Crippen LogP contribution is -2.35. The summed E-state index contributed by atoms with van der Waals surface area (Å²) in [6.07, 6.45) is 2.02. The van der Waals surface area contributed by atoms with Crippen LogP contribution in [0, 0.1) is 11.6 Å². The van der Waals surface area contributed by atoms with Crippen molar-refractivity contribution in [3.8, 4) is 0 Å². The van der Waals surface area contributed by atoms with Crippen molar-refractivity contribution in [2.45, 2.75) is 25.3 Å². The van der Waals surface area contributed by atoms with E-state index in [1.807, 2.05) is 17.5 Å². The van der Waals surface area contributed by atoms with Crippen molar-refractivity contribution < 1.29 is 13.6 Å². The first-order valence-corrected chi connectivity index (χ1v) is 8.76. The van der Waals surface area contributed by atoms with E-state index in [0.29, 0.717) is 6.42 Å². The Morgan fingerprint density at radius 1 is 1.21 bits per heavy atom. The Balaban J connectivity index is 1.88. The van der Waals surface area contributed by atoms with Crippen LogP contribution >= 0.6 is 11.3 Å². The molecule has 0 spiro atoms. The number of benzene rings is 1. The molecule has 1 atom stereocenters. The second-order valence-corrected chi connectivity index (χ2v) is 6.88. The second-order valence-electron chi connectivity index (χ2n) is 5.85. The number of thiophene rings is 1. The highest BCUT2D eigenvalue weighted by Gasteiger charge is 2.22. The molecule has 0 saturated carbocycles. The molecule has 1 aromatic carbocycles. The van der Waals surface area contributed by atoms with Gasteiger partial charge in [0.05, 0.1) is 6.04 Å². The first-order chi connectivity index (χ1) is 11.5. The van der Waals surface area contributed by atoms with Crippen LogP contribution in [0.5, 0.6) is 0 Å². The van der Waals surface area contributed by atoms with Crippen LogP contribution in [0.1, 0.15) is 29.3 Å². The lowest BCUT2D eigenvalue weighted by atomic mass is 10.0. The molecule has 1 unspecified atom stereocenters. The number of rotatable bonds is 8. The highest BCUT2D eigenvalue weighted by atomic mass is 32.1. The predicted octanol–water partition coefficient (Wildman–Crippen LogP) is 3.77. The van der Waals surface area contributed by atoms with Gasteiger partial charge in [-0.3, -0.25) is 4.79 Å². The van der Waals surface area contributed by atoms with Gasteiger partial charge in [-0.25, -0.2) is 8.78 Å². The van der Waals surface area contributed by atoms with Crippen LogP contribution < -0.4 is 5.32 Å². The summed E-state index contributed by atoms with van der Waals surface area (Å²) < 4.78 is 27.9. The summed E-state index contributed by atoms with van der Waals surface area (Å²) in [5.41, 5.74) is -0.0126. The molecule has 0 saturated heterocycles. The third-order valence-electron chi connectivity index (χ3n) is 3.86. The number of carbonyl (C=O) groups excluding carboxylic acids is 1. The number of aryl methyl sites for hydroxylation is 1. The van der Waals surface area contributed by atoms with Gasteiger partial charge in [0, 0.05) is 23.4 Å². The van der Waals surface area contributed by atoms with E-state index in [-0.39, 0.29) is 18.0 Å². The van der Waals surface area contributed by atoms with Crippen molar-refractivity contribution in [3.63, 3.8) is 0 Å². The van der Waals surface area contributed by atoms with Gasteiger partial charge in [0.15, 0.2) is 0 Å². The lowest BCUT2D eigenvalue weighted by molar-refractivity contribution is -0.121. The van der Waals surface area contributed by atoms with Crippen LogP contribution in [0.4, 0.5) is 8.78 Å². The number of amides is 1. The van der Waals surface area contributed by atoms with E-state index in [2.05, 4.69) is 5.32 Å². The summed E-state index contributed by atoms with van der Waals surface area (Å²) in [5.74, 6) is -1.29. The van der Waals surface area contributed by atoms with Gasteiger partial charge in [0.2, 0.25) is 5.91 Å². The highest BCUT2D eigenvalue weighted by molar-refractivity contribution is 7.09. The fourth-order valence-electron chi connectivity index (χ4n) is 2.55. The minimum absolute atomic E-state index is 0.0126. The average molecular weight is 352 g/mol. The fourth-order valence-corrected chi connectivity index (χ4v) is 3.30. The van der Waals surface area contributed by atoms with Gasteiger partial charge < -0.3 is 10.2 Å². The largest absolute Gasteiger partial charge is 0.354 e. The molecule has 3 nitrogen and oxygen atoms in total. The maximum Gasteiger partial charge on any atom is 0.220 e. The van der Waals surface area contributed by atoms with Crippen LogP contribution in [0.2, 0.25) is 0 Å². The Bertz CT molecular complexity index is 639.